The SMILES string of the molecule is COC(=O)N1CCCN(C(=O)C2(c3ccc(F)cc3)CCOCC2)CC1. The highest BCUT2D eigenvalue weighted by molar-refractivity contribution is 5.88. The fraction of sp³-hybridized carbons (Fsp3) is 0.579. The highest BCUT2D eigenvalue weighted by Crippen LogP contribution is 2.37. The van der Waals surface area contributed by atoms with Crippen LogP contribution in [0.15, 0.2) is 24.3 Å². The zero-order chi connectivity index (χ0) is 18.6. The number of amides is 2. The first-order valence-electron chi connectivity index (χ1n) is 9.03. The fourth-order valence-electron chi connectivity index (χ4n) is 3.85. The van der Waals surface area contributed by atoms with E-state index in [-0.39, 0.29) is 17.8 Å². The van der Waals surface area contributed by atoms with Crippen LogP contribution in [0.25, 0.3) is 0 Å². The lowest BCUT2D eigenvalue weighted by Gasteiger charge is -2.40. The summed E-state index contributed by atoms with van der Waals surface area (Å²) < 4.78 is 23.6. The number of ether oxygens (including phenoxy) is 2. The lowest BCUT2D eigenvalue weighted by Crippen LogP contribution is -2.51. The van der Waals surface area contributed by atoms with Gasteiger partial charge in [0.25, 0.3) is 0 Å². The first kappa shape index (κ1) is 18.6. The standard InChI is InChI=1S/C19H25FN2O4/c1-25-18(24)22-10-2-9-21(11-12-22)17(23)19(7-13-26-14-8-19)15-3-5-16(20)6-4-15/h3-6H,2,7-14H2,1H3. The van der Waals surface area contributed by atoms with Gasteiger partial charge in [0.15, 0.2) is 0 Å². The van der Waals surface area contributed by atoms with Crippen molar-refractivity contribution in [2.24, 2.45) is 0 Å². The molecule has 6 nitrogen and oxygen atoms in total. The van der Waals surface area contributed by atoms with E-state index in [0.717, 1.165) is 5.56 Å². The van der Waals surface area contributed by atoms with E-state index in [9.17, 15) is 14.0 Å². The molecule has 142 valence electrons. The Kier molecular flexibility index (Phi) is 5.76. The van der Waals surface area contributed by atoms with Crippen molar-refractivity contribution in [3.63, 3.8) is 0 Å². The van der Waals surface area contributed by atoms with Gasteiger partial charge in [0.05, 0.1) is 12.5 Å². The Morgan fingerprint density at radius 2 is 1.65 bits per heavy atom. The molecule has 2 aliphatic rings. The van der Waals surface area contributed by atoms with Gasteiger partial charge >= 0.3 is 6.09 Å². The number of methoxy groups -OCH3 is 1. The second kappa shape index (κ2) is 8.03. The molecule has 0 aromatic heterocycles. The topological polar surface area (TPSA) is 59.1 Å². The molecule has 0 radical (unpaired) electrons. The van der Waals surface area contributed by atoms with Gasteiger partial charge in [-0.1, -0.05) is 12.1 Å². The molecule has 2 saturated heterocycles. The van der Waals surface area contributed by atoms with E-state index in [2.05, 4.69) is 0 Å². The van der Waals surface area contributed by atoms with E-state index in [0.29, 0.717) is 58.7 Å². The first-order valence-corrected chi connectivity index (χ1v) is 9.03. The summed E-state index contributed by atoms with van der Waals surface area (Å²) in [6.07, 6.45) is 1.50. The maximum absolute atomic E-state index is 13.5. The summed E-state index contributed by atoms with van der Waals surface area (Å²) >= 11 is 0. The van der Waals surface area contributed by atoms with E-state index in [1.807, 2.05) is 4.90 Å². The highest BCUT2D eigenvalue weighted by atomic mass is 19.1. The van der Waals surface area contributed by atoms with E-state index < -0.39 is 5.41 Å². The van der Waals surface area contributed by atoms with Gasteiger partial charge in [0, 0.05) is 39.4 Å². The number of benzene rings is 1. The summed E-state index contributed by atoms with van der Waals surface area (Å²) in [5.41, 5.74) is 0.146. The summed E-state index contributed by atoms with van der Waals surface area (Å²) in [7, 11) is 1.36. The Morgan fingerprint density at radius 3 is 2.31 bits per heavy atom. The van der Waals surface area contributed by atoms with Crippen LogP contribution in [0.4, 0.5) is 9.18 Å². The molecule has 2 amide bonds. The van der Waals surface area contributed by atoms with E-state index in [1.165, 1.54) is 19.2 Å². The minimum Gasteiger partial charge on any atom is -0.453 e. The molecular weight excluding hydrogens is 339 g/mol. The van der Waals surface area contributed by atoms with Crippen molar-refractivity contribution in [2.45, 2.75) is 24.7 Å². The van der Waals surface area contributed by atoms with Crippen LogP contribution in [0.1, 0.15) is 24.8 Å². The van der Waals surface area contributed by atoms with Gasteiger partial charge in [-0.15, -0.1) is 0 Å². The van der Waals surface area contributed by atoms with Gasteiger partial charge < -0.3 is 19.3 Å². The third kappa shape index (κ3) is 3.67. The average Bonchev–Trinajstić information content (AvgIpc) is 2.94. The molecule has 0 spiro atoms. The fourth-order valence-corrected chi connectivity index (χ4v) is 3.85. The number of carbonyl (C=O) groups excluding carboxylic acids is 2. The number of rotatable bonds is 2. The van der Waals surface area contributed by atoms with Crippen LogP contribution in [0, 0.1) is 5.82 Å². The van der Waals surface area contributed by atoms with Crippen LogP contribution in [0.2, 0.25) is 0 Å². The number of nitrogens with zero attached hydrogens (tertiary/aromatic N) is 2. The molecule has 0 N–H and O–H groups in total. The molecular formula is C19H25FN2O4. The van der Waals surface area contributed by atoms with Crippen molar-refractivity contribution in [3.05, 3.63) is 35.6 Å². The molecule has 0 unspecified atom stereocenters. The Hall–Kier alpha value is -2.15. The zero-order valence-electron chi connectivity index (χ0n) is 15.1. The maximum Gasteiger partial charge on any atom is 0.409 e. The second-order valence-electron chi connectivity index (χ2n) is 6.80. The Balaban J connectivity index is 1.82. The normalized spacial score (nSPS) is 20.4. The molecule has 1 aromatic rings. The van der Waals surface area contributed by atoms with Crippen LogP contribution in [0.3, 0.4) is 0 Å². The quantitative estimate of drug-likeness (QED) is 0.807. The molecule has 2 fully saturated rings. The molecule has 0 bridgehead atoms. The smallest absolute Gasteiger partial charge is 0.409 e. The van der Waals surface area contributed by atoms with Crippen molar-refractivity contribution >= 4 is 12.0 Å². The predicted octanol–water partition coefficient (Wildman–Crippen LogP) is 2.17. The maximum atomic E-state index is 13.5. The van der Waals surface area contributed by atoms with Crippen LogP contribution in [-0.4, -0.2) is 68.3 Å². The number of hydrogen-bond donors (Lipinski definition) is 0. The van der Waals surface area contributed by atoms with Crippen LogP contribution in [0.5, 0.6) is 0 Å². The van der Waals surface area contributed by atoms with Crippen molar-refractivity contribution in [1.29, 1.82) is 0 Å². The third-order valence-electron chi connectivity index (χ3n) is 5.37. The van der Waals surface area contributed by atoms with Crippen molar-refractivity contribution in [2.75, 3.05) is 46.5 Å². The Morgan fingerprint density at radius 1 is 1.04 bits per heavy atom. The van der Waals surface area contributed by atoms with Crippen molar-refractivity contribution < 1.29 is 23.5 Å². The highest BCUT2D eigenvalue weighted by Gasteiger charge is 2.44. The number of carbonyl (C=O) groups is 2. The van der Waals surface area contributed by atoms with Gasteiger partial charge in [-0.2, -0.15) is 0 Å². The summed E-state index contributed by atoms with van der Waals surface area (Å²) in [5.74, 6) is -0.272. The zero-order valence-corrected chi connectivity index (χ0v) is 15.1. The molecule has 0 atom stereocenters. The molecule has 7 heteroatoms. The van der Waals surface area contributed by atoms with Gasteiger partial charge in [0.1, 0.15) is 5.82 Å². The Labute approximate surface area is 152 Å². The monoisotopic (exact) mass is 364 g/mol. The van der Waals surface area contributed by atoms with Gasteiger partial charge in [-0.25, -0.2) is 9.18 Å². The third-order valence-corrected chi connectivity index (χ3v) is 5.37. The largest absolute Gasteiger partial charge is 0.453 e. The lowest BCUT2D eigenvalue weighted by molar-refractivity contribution is -0.141. The summed E-state index contributed by atoms with van der Waals surface area (Å²) in [6, 6.07) is 6.22. The second-order valence-corrected chi connectivity index (χ2v) is 6.80. The number of hydrogen-bond acceptors (Lipinski definition) is 4. The van der Waals surface area contributed by atoms with Crippen molar-refractivity contribution in [1.82, 2.24) is 9.80 Å². The molecule has 1 aromatic carbocycles. The minimum absolute atomic E-state index is 0.0409. The average molecular weight is 364 g/mol. The molecule has 2 heterocycles. The van der Waals surface area contributed by atoms with Crippen LogP contribution < -0.4 is 0 Å². The molecule has 2 aliphatic heterocycles. The Bertz CT molecular complexity index is 643. The molecule has 0 saturated carbocycles. The van der Waals surface area contributed by atoms with E-state index >= 15 is 0 Å². The molecule has 26 heavy (non-hydrogen) atoms. The summed E-state index contributed by atoms with van der Waals surface area (Å²) in [6.45, 7) is 3.10. The van der Waals surface area contributed by atoms with Crippen LogP contribution >= 0.6 is 0 Å². The van der Waals surface area contributed by atoms with Gasteiger partial charge in [-0.3, -0.25) is 4.79 Å². The number of halogens is 1. The predicted molar refractivity (Wildman–Crippen MR) is 93.3 cm³/mol. The molecule has 0 aliphatic carbocycles. The van der Waals surface area contributed by atoms with E-state index in [1.54, 1.807) is 17.0 Å². The van der Waals surface area contributed by atoms with Gasteiger partial charge in [-0.05, 0) is 37.0 Å². The molecule has 3 rings (SSSR count). The summed E-state index contributed by atoms with van der Waals surface area (Å²) in [4.78, 5) is 28.7. The first-order chi connectivity index (χ1) is 12.6. The van der Waals surface area contributed by atoms with E-state index in [4.69, 9.17) is 9.47 Å². The lowest BCUT2D eigenvalue weighted by atomic mass is 9.73. The van der Waals surface area contributed by atoms with Gasteiger partial charge in [0.2, 0.25) is 5.91 Å². The summed E-state index contributed by atoms with van der Waals surface area (Å²) in [5, 5.41) is 0. The van der Waals surface area contributed by atoms with Crippen LogP contribution in [-0.2, 0) is 19.7 Å². The minimum atomic E-state index is -0.688. The van der Waals surface area contributed by atoms with Crippen molar-refractivity contribution in [3.8, 4) is 0 Å².